The molecule has 0 saturated carbocycles. The Morgan fingerprint density at radius 2 is 0.761 bits per heavy atom. The van der Waals surface area contributed by atoms with Gasteiger partial charge in [0.2, 0.25) is 0 Å². The number of rotatable bonds is 21. The summed E-state index contributed by atoms with van der Waals surface area (Å²) >= 11 is 2.24. The number of morpholine rings is 4. The lowest BCUT2D eigenvalue weighted by atomic mass is 10.1. The van der Waals surface area contributed by atoms with Gasteiger partial charge in [-0.25, -0.2) is 14.4 Å². The van der Waals surface area contributed by atoms with E-state index in [1.807, 2.05) is 103 Å². The van der Waals surface area contributed by atoms with Crippen molar-refractivity contribution in [3.05, 3.63) is 294 Å². The number of halogens is 1. The topological polar surface area (TPSA) is 185 Å². The average Bonchev–Trinajstić information content (AvgIpc) is 0.903. The van der Waals surface area contributed by atoms with E-state index >= 15 is 0 Å². The number of aromatic carboxylic acids is 1. The third-order valence-corrected chi connectivity index (χ3v) is 17.8. The molecule has 0 atom stereocenters. The van der Waals surface area contributed by atoms with E-state index in [2.05, 4.69) is 160 Å². The molecule has 8 aromatic rings. The van der Waals surface area contributed by atoms with Crippen molar-refractivity contribution in [2.24, 2.45) is 0 Å². The lowest BCUT2D eigenvalue weighted by Crippen LogP contribution is -2.35. The molecule has 8 aromatic carbocycles. The van der Waals surface area contributed by atoms with Crippen molar-refractivity contribution >= 4 is 78.5 Å². The molecule has 0 unspecified atom stereocenters. The van der Waals surface area contributed by atoms with Crippen LogP contribution >= 0.6 is 36.1 Å². The van der Waals surface area contributed by atoms with Crippen LogP contribution < -0.4 is 4.74 Å². The quantitative estimate of drug-likeness (QED) is 0.0235. The summed E-state index contributed by atoms with van der Waals surface area (Å²) in [4.78, 5) is 53.2. The number of methoxy groups -OCH3 is 3. The number of nitrogens with zero attached hydrogens (tertiary/aromatic N) is 4. The van der Waals surface area contributed by atoms with Gasteiger partial charge < -0.3 is 47.7 Å². The van der Waals surface area contributed by atoms with Gasteiger partial charge in [0, 0.05) is 120 Å². The maximum atomic E-state index is 11.4. The van der Waals surface area contributed by atoms with E-state index in [-0.39, 0.29) is 44.7 Å². The zero-order chi connectivity index (χ0) is 78.9. The van der Waals surface area contributed by atoms with Crippen LogP contribution in [0.25, 0.3) is 18.2 Å². The van der Waals surface area contributed by atoms with E-state index in [1.54, 1.807) is 67.8 Å². The zero-order valence-corrected chi connectivity index (χ0v) is 67.8. The number of carbonyl (C=O) groups is 4. The van der Waals surface area contributed by atoms with Gasteiger partial charge in [-0.1, -0.05) is 169 Å². The standard InChI is InChI=1S/C23H23NO3.C22H21NO3.C13H16INO.C12H15NO2.C12H18O3.C10H8O2.CH4.H2S/c1-26-23(25)22-12-10-20(11-13-22)5-3-2-4-19-6-8-21(9-7-19)18-24-14-16-27-17-15-24;24-22(25)21-11-9-19(10-12-21)4-2-1-3-18-5-7-20(8-6-18)17-23-13-15-26-16-14-23;14-6-5-12-1-3-13(4-2-12)11-15-7-9-16-10-8-15;14-10-12-3-1-11(2-4-12)9-13-5-7-15-8-6-13;1-4-14-12(15-5-2)10-6-8-11(13-3)9-7-10;1-3-8-4-6-9(7-5-8)10(11)12-2;;/h2,4,6-13H,14-18H2,1H3;1,3,5-12H,13-17H2,(H,24,25);1-6H,7-11H2;1-4,10H,5-9H2;6-9,12H,4-5H2,1-3H3;1,4-7H,2H3;1H4;1H2/b4-2+;3-1+;6-5+;;;;;. The summed E-state index contributed by atoms with van der Waals surface area (Å²) in [6.45, 7) is 23.8. The van der Waals surface area contributed by atoms with Crippen LogP contribution in [0.2, 0.25) is 0 Å². The smallest absolute Gasteiger partial charge is 0.337 e. The van der Waals surface area contributed by atoms with Crippen LogP contribution in [0.5, 0.6) is 5.75 Å². The Hall–Kier alpha value is -9.78. The predicted octanol–water partition coefficient (Wildman–Crippen LogP) is 15.9. The first-order valence-electron chi connectivity index (χ1n) is 37.0. The van der Waals surface area contributed by atoms with Crippen LogP contribution in [0.3, 0.4) is 0 Å². The number of benzene rings is 8. The molecule has 0 spiro atoms. The summed E-state index contributed by atoms with van der Waals surface area (Å²) in [5, 5.41) is 8.87. The highest BCUT2D eigenvalue weighted by Crippen LogP contribution is 2.22. The molecule has 20 heteroatoms. The first-order chi connectivity index (χ1) is 54.3. The fourth-order valence-electron chi connectivity index (χ4n) is 11.2. The monoisotopic (exact) mass is 1660 g/mol. The number of terminal acetylenes is 1. The van der Waals surface area contributed by atoms with Crippen LogP contribution in [0, 0.1) is 36.0 Å². The van der Waals surface area contributed by atoms with Crippen LogP contribution in [-0.4, -0.2) is 189 Å². The Kier molecular flexibility index (Phi) is 46.2. The highest BCUT2D eigenvalue weighted by atomic mass is 127. The first kappa shape index (κ1) is 93.8. The fourth-order valence-corrected chi connectivity index (χ4v) is 11.6. The number of ether oxygens (including phenoxy) is 9. The van der Waals surface area contributed by atoms with Gasteiger partial charge >= 0.3 is 17.9 Å². The SMILES string of the molecule is C.C#Cc1ccc(C(=O)OC)cc1.CCOC(OCC)c1ccc(OC)cc1.COC(=O)c1ccc(C#C/C=C/c2ccc(CN3CCOCC3)cc2)cc1.I/C=C/c1ccc(CN2CCOCC2)cc1.O=C(O)c1ccc(C#C/C=C/c2ccc(CN3CCOCC3)cc2)cc1.O=Cc1ccc(CN2CCOCC2)cc1.S. The second-order valence-electron chi connectivity index (χ2n) is 25.3. The third-order valence-electron chi connectivity index (χ3n) is 17.4. The van der Waals surface area contributed by atoms with Gasteiger partial charge in [-0.15, -0.1) is 6.42 Å². The van der Waals surface area contributed by atoms with E-state index < -0.39 is 5.97 Å². The van der Waals surface area contributed by atoms with Crippen molar-refractivity contribution in [3.63, 3.8) is 0 Å². The third kappa shape index (κ3) is 36.7. The molecule has 1 N–H and O–H groups in total. The molecular weight excluding hydrogens is 1560 g/mol. The molecule has 4 aliphatic heterocycles. The normalized spacial score (nSPS) is 14.1. The van der Waals surface area contributed by atoms with Crippen molar-refractivity contribution in [2.45, 2.75) is 53.7 Å². The van der Waals surface area contributed by atoms with E-state index in [4.69, 9.17) is 44.7 Å². The lowest BCUT2D eigenvalue weighted by molar-refractivity contribution is -0.140. The first-order valence-corrected chi connectivity index (χ1v) is 38.2. The Morgan fingerprint density at radius 1 is 0.451 bits per heavy atom. The summed E-state index contributed by atoms with van der Waals surface area (Å²) in [7, 11) is 4.37. The van der Waals surface area contributed by atoms with Crippen LogP contribution in [0.4, 0.5) is 0 Å². The Labute approximate surface area is 689 Å². The van der Waals surface area contributed by atoms with Gasteiger partial charge in [-0.3, -0.25) is 24.4 Å². The summed E-state index contributed by atoms with van der Waals surface area (Å²) in [6, 6.07) is 61.5. The summed E-state index contributed by atoms with van der Waals surface area (Å²) in [6.07, 6.45) is 15.5. The second-order valence-corrected chi connectivity index (χ2v) is 26.0. The number of esters is 2. The minimum atomic E-state index is -0.929. The van der Waals surface area contributed by atoms with Crippen molar-refractivity contribution in [3.8, 4) is 41.8 Å². The number of allylic oxidation sites excluding steroid dienone is 2. The number of aldehydes is 1. The van der Waals surface area contributed by atoms with E-state index in [0.717, 1.165) is 182 Å². The van der Waals surface area contributed by atoms with Crippen LogP contribution in [-0.2, 0) is 64.1 Å². The van der Waals surface area contributed by atoms with E-state index in [0.29, 0.717) is 24.3 Å². The van der Waals surface area contributed by atoms with Crippen molar-refractivity contribution in [1.29, 1.82) is 0 Å². The summed E-state index contributed by atoms with van der Waals surface area (Å²) < 4.78 is 48.7. The molecular formula is C93H107IN4O14S. The van der Waals surface area contributed by atoms with Crippen molar-refractivity contribution < 1.29 is 66.9 Å². The van der Waals surface area contributed by atoms with Gasteiger partial charge in [-0.2, -0.15) is 13.5 Å². The van der Waals surface area contributed by atoms with Gasteiger partial charge in [0.05, 0.1) is 90.9 Å². The molecule has 4 heterocycles. The Balaban J connectivity index is 0.000000248. The van der Waals surface area contributed by atoms with Crippen molar-refractivity contribution in [1.82, 2.24) is 19.6 Å². The maximum absolute atomic E-state index is 11.4. The predicted molar refractivity (Wildman–Crippen MR) is 463 cm³/mol. The van der Waals surface area contributed by atoms with Crippen LogP contribution in [0.1, 0.15) is 130 Å². The molecule has 596 valence electrons. The number of hydrogen-bond donors (Lipinski definition) is 1. The molecule has 0 bridgehead atoms. The number of hydrogen-bond acceptors (Lipinski definition) is 17. The Bertz CT molecular complexity index is 4290. The molecule has 0 amide bonds. The number of carboxylic acid groups (broad SMARTS) is 1. The summed E-state index contributed by atoms with van der Waals surface area (Å²) in [5.74, 6) is 13.7. The van der Waals surface area contributed by atoms with E-state index in [9.17, 15) is 19.2 Å². The maximum Gasteiger partial charge on any atom is 0.337 e. The molecule has 4 saturated heterocycles. The minimum absolute atomic E-state index is 0. The van der Waals surface area contributed by atoms with Crippen LogP contribution in [0.15, 0.2) is 210 Å². The van der Waals surface area contributed by atoms with E-state index in [1.165, 1.54) is 42.0 Å². The number of carbonyl (C=O) groups excluding carboxylic acids is 3. The zero-order valence-electron chi connectivity index (χ0n) is 64.6. The highest BCUT2D eigenvalue weighted by molar-refractivity contribution is 14.1. The highest BCUT2D eigenvalue weighted by Gasteiger charge is 2.16. The average molecular weight is 1660 g/mol. The molecule has 18 nitrogen and oxygen atoms in total. The number of carboxylic acids is 1. The molecule has 0 aromatic heterocycles. The Morgan fingerprint density at radius 3 is 1.04 bits per heavy atom. The largest absolute Gasteiger partial charge is 0.497 e. The lowest BCUT2D eigenvalue weighted by Gasteiger charge is -2.26. The van der Waals surface area contributed by atoms with Gasteiger partial charge in [-0.05, 0) is 172 Å². The fraction of sp³-hybridized carbons (Fsp3) is 0.312. The minimum Gasteiger partial charge on any atom is -0.497 e. The van der Waals surface area contributed by atoms with Gasteiger partial charge in [0.1, 0.15) is 12.0 Å². The molecule has 12 rings (SSSR count). The molecule has 4 fully saturated rings. The molecule has 4 aliphatic rings. The molecule has 113 heavy (non-hydrogen) atoms. The van der Waals surface area contributed by atoms with Crippen molar-refractivity contribution in [2.75, 3.05) is 140 Å². The second kappa shape index (κ2) is 55.6. The molecule has 0 radical (unpaired) electrons. The van der Waals surface area contributed by atoms with Gasteiger partial charge in [0.25, 0.3) is 0 Å². The summed E-state index contributed by atoms with van der Waals surface area (Å²) in [5.41, 5.74) is 14.2. The van der Waals surface area contributed by atoms with Gasteiger partial charge in [0.15, 0.2) is 6.29 Å². The molecule has 0 aliphatic carbocycles.